The number of tetrazole rings is 1. The lowest BCUT2D eigenvalue weighted by Gasteiger charge is -2.33. The molecule has 3 unspecified atom stereocenters. The van der Waals surface area contributed by atoms with Crippen LogP contribution >= 0.6 is 0 Å². The van der Waals surface area contributed by atoms with Gasteiger partial charge in [0.25, 0.3) is 0 Å². The molecule has 27 heavy (non-hydrogen) atoms. The molecule has 0 spiro atoms. The molecule has 1 saturated carbocycles. The lowest BCUT2D eigenvalue weighted by atomic mass is 9.89. The van der Waals surface area contributed by atoms with Gasteiger partial charge in [-0.15, -0.1) is 5.10 Å². The van der Waals surface area contributed by atoms with Gasteiger partial charge in [0, 0.05) is 12.1 Å². The number of rotatable bonds is 7. The highest BCUT2D eigenvalue weighted by atomic mass is 16.5. The van der Waals surface area contributed by atoms with Crippen LogP contribution in [0.3, 0.4) is 0 Å². The Kier molecular flexibility index (Phi) is 6.52. The monoisotopic (exact) mass is 372 g/mol. The average molecular weight is 372 g/mol. The maximum atomic E-state index is 12.0. The second-order valence-corrected chi connectivity index (χ2v) is 7.01. The van der Waals surface area contributed by atoms with Crippen LogP contribution in [0.2, 0.25) is 0 Å². The molecular weight excluding hydrogens is 344 g/mol. The number of esters is 1. The van der Waals surface area contributed by atoms with Crippen molar-refractivity contribution in [3.63, 3.8) is 0 Å². The molecule has 3 N–H and O–H groups in total. The molecule has 1 aromatic heterocycles. The van der Waals surface area contributed by atoms with E-state index < -0.39 is 0 Å². The number of aryl methyl sites for hydroxylation is 1. The van der Waals surface area contributed by atoms with E-state index in [4.69, 9.17) is 10.5 Å². The summed E-state index contributed by atoms with van der Waals surface area (Å²) in [6.07, 6.45) is 4.34. The Morgan fingerprint density at radius 2 is 2.15 bits per heavy atom. The first-order chi connectivity index (χ1) is 13.1. The maximum absolute atomic E-state index is 12.0. The van der Waals surface area contributed by atoms with Gasteiger partial charge in [0.2, 0.25) is 0 Å². The van der Waals surface area contributed by atoms with E-state index in [-0.39, 0.29) is 30.6 Å². The molecule has 1 aliphatic rings. The molecule has 1 fully saturated rings. The fraction of sp³-hybridized carbons (Fsp3) is 0.579. The fourth-order valence-corrected chi connectivity index (χ4v) is 3.65. The van der Waals surface area contributed by atoms with Crippen molar-refractivity contribution in [1.82, 2.24) is 25.5 Å². The first-order valence-electron chi connectivity index (χ1n) is 9.59. The van der Waals surface area contributed by atoms with Crippen molar-refractivity contribution in [3.05, 3.63) is 41.2 Å². The first-order valence-corrected chi connectivity index (χ1v) is 9.59. The predicted molar refractivity (Wildman–Crippen MR) is 101 cm³/mol. The molecule has 8 heteroatoms. The van der Waals surface area contributed by atoms with E-state index in [9.17, 15) is 4.79 Å². The molecule has 0 saturated heterocycles. The Morgan fingerprint density at radius 1 is 1.37 bits per heavy atom. The molecule has 1 aromatic carbocycles. The second kappa shape index (κ2) is 9.05. The molecule has 1 heterocycles. The number of nitrogens with two attached hydrogens (primary N) is 1. The smallest absolute Gasteiger partial charge is 0.327 e. The Labute approximate surface area is 159 Å². The molecule has 0 aliphatic heterocycles. The third kappa shape index (κ3) is 4.70. The van der Waals surface area contributed by atoms with Crippen molar-refractivity contribution in [2.24, 2.45) is 5.73 Å². The normalized spacial score (nSPS) is 21.0. The van der Waals surface area contributed by atoms with Crippen LogP contribution in [0.1, 0.15) is 55.6 Å². The molecule has 0 bridgehead atoms. The van der Waals surface area contributed by atoms with Crippen LogP contribution in [0.5, 0.6) is 0 Å². The largest absolute Gasteiger partial charge is 0.465 e. The van der Waals surface area contributed by atoms with Crippen molar-refractivity contribution < 1.29 is 9.53 Å². The maximum Gasteiger partial charge on any atom is 0.327 e. The standard InChI is InChI=1S/C19H28N6O2/c1-3-27-17(26)12-25-19(22-23-24-25)18(14-9-5-4-8-13(14)2)21-16-11-7-6-10-15(16)20/h4-5,8-9,15-16,18,21H,3,6-7,10-12,20H2,1-2H3. The summed E-state index contributed by atoms with van der Waals surface area (Å²) in [4.78, 5) is 12.0. The Hall–Kier alpha value is -2.32. The summed E-state index contributed by atoms with van der Waals surface area (Å²) in [6.45, 7) is 4.15. The minimum Gasteiger partial charge on any atom is -0.465 e. The van der Waals surface area contributed by atoms with Gasteiger partial charge in [0.05, 0.1) is 12.6 Å². The van der Waals surface area contributed by atoms with Crippen molar-refractivity contribution in [2.75, 3.05) is 6.61 Å². The van der Waals surface area contributed by atoms with E-state index in [0.717, 1.165) is 36.8 Å². The van der Waals surface area contributed by atoms with Crippen LogP contribution in [0, 0.1) is 6.92 Å². The summed E-state index contributed by atoms with van der Waals surface area (Å²) in [5.41, 5.74) is 8.57. The zero-order valence-electron chi connectivity index (χ0n) is 16.0. The number of carbonyl (C=O) groups excluding carboxylic acids is 1. The number of hydrogen-bond donors (Lipinski definition) is 2. The Balaban J connectivity index is 1.92. The Bertz CT molecular complexity index is 762. The van der Waals surface area contributed by atoms with Gasteiger partial charge in [-0.25, -0.2) is 4.68 Å². The van der Waals surface area contributed by atoms with Crippen LogP contribution < -0.4 is 11.1 Å². The third-order valence-electron chi connectivity index (χ3n) is 5.10. The number of carbonyl (C=O) groups is 1. The number of ether oxygens (including phenoxy) is 1. The van der Waals surface area contributed by atoms with E-state index in [1.807, 2.05) is 12.1 Å². The van der Waals surface area contributed by atoms with Crippen molar-refractivity contribution in [3.8, 4) is 0 Å². The topological polar surface area (TPSA) is 108 Å². The van der Waals surface area contributed by atoms with Gasteiger partial charge in [0.1, 0.15) is 6.54 Å². The van der Waals surface area contributed by atoms with Crippen molar-refractivity contribution >= 4 is 5.97 Å². The first kappa shape index (κ1) is 19.4. The molecule has 2 aromatic rings. The van der Waals surface area contributed by atoms with Gasteiger partial charge in [-0.05, 0) is 48.2 Å². The van der Waals surface area contributed by atoms with E-state index in [2.05, 4.69) is 39.9 Å². The van der Waals surface area contributed by atoms with Gasteiger partial charge >= 0.3 is 5.97 Å². The van der Waals surface area contributed by atoms with E-state index >= 15 is 0 Å². The molecule has 8 nitrogen and oxygen atoms in total. The highest BCUT2D eigenvalue weighted by Crippen LogP contribution is 2.27. The van der Waals surface area contributed by atoms with Crippen LogP contribution in [0.25, 0.3) is 0 Å². The number of benzene rings is 1. The van der Waals surface area contributed by atoms with Crippen LogP contribution in [-0.2, 0) is 16.1 Å². The van der Waals surface area contributed by atoms with Crippen molar-refractivity contribution in [2.45, 2.75) is 64.2 Å². The molecule has 1 aliphatic carbocycles. The summed E-state index contributed by atoms with van der Waals surface area (Å²) in [7, 11) is 0. The van der Waals surface area contributed by atoms with E-state index in [1.54, 1.807) is 6.92 Å². The zero-order chi connectivity index (χ0) is 19.2. The van der Waals surface area contributed by atoms with Crippen LogP contribution in [0.15, 0.2) is 24.3 Å². The zero-order valence-corrected chi connectivity index (χ0v) is 16.0. The lowest BCUT2D eigenvalue weighted by Crippen LogP contribution is -2.49. The van der Waals surface area contributed by atoms with Gasteiger partial charge in [-0.3, -0.25) is 10.1 Å². The summed E-state index contributed by atoms with van der Waals surface area (Å²) >= 11 is 0. The van der Waals surface area contributed by atoms with E-state index in [0.29, 0.717) is 12.4 Å². The highest BCUT2D eigenvalue weighted by Gasteiger charge is 2.30. The summed E-state index contributed by atoms with van der Waals surface area (Å²) in [6, 6.07) is 8.15. The Morgan fingerprint density at radius 3 is 2.89 bits per heavy atom. The summed E-state index contributed by atoms with van der Waals surface area (Å²) in [5, 5.41) is 15.7. The molecule has 0 radical (unpaired) electrons. The molecule has 3 rings (SSSR count). The molecule has 146 valence electrons. The number of hydrogen-bond acceptors (Lipinski definition) is 7. The quantitative estimate of drug-likeness (QED) is 0.709. The molecular formula is C19H28N6O2. The predicted octanol–water partition coefficient (Wildman–Crippen LogP) is 1.49. The van der Waals surface area contributed by atoms with Crippen molar-refractivity contribution in [1.29, 1.82) is 0 Å². The van der Waals surface area contributed by atoms with Crippen LogP contribution in [-0.4, -0.2) is 44.9 Å². The minimum atomic E-state index is -0.357. The molecule has 3 atom stereocenters. The van der Waals surface area contributed by atoms with Gasteiger partial charge in [-0.2, -0.15) is 0 Å². The minimum absolute atomic E-state index is 0.0169. The van der Waals surface area contributed by atoms with Gasteiger partial charge in [-0.1, -0.05) is 37.1 Å². The SMILES string of the molecule is CCOC(=O)Cn1nnnc1C(NC1CCCCC1N)c1ccccc1C. The highest BCUT2D eigenvalue weighted by molar-refractivity contribution is 5.69. The lowest BCUT2D eigenvalue weighted by molar-refractivity contribution is -0.144. The number of nitrogens with one attached hydrogen (secondary N) is 1. The number of aromatic nitrogens is 4. The van der Waals surface area contributed by atoms with Gasteiger partial charge < -0.3 is 10.5 Å². The summed E-state index contributed by atoms with van der Waals surface area (Å²) < 4.78 is 6.56. The summed E-state index contributed by atoms with van der Waals surface area (Å²) in [5.74, 6) is 0.235. The van der Waals surface area contributed by atoms with E-state index in [1.165, 1.54) is 4.68 Å². The van der Waals surface area contributed by atoms with Crippen LogP contribution in [0.4, 0.5) is 0 Å². The second-order valence-electron chi connectivity index (χ2n) is 7.01. The number of nitrogens with zero attached hydrogens (tertiary/aromatic N) is 4. The third-order valence-corrected chi connectivity index (χ3v) is 5.10. The average Bonchev–Trinajstić information content (AvgIpc) is 3.10. The fourth-order valence-electron chi connectivity index (χ4n) is 3.65. The molecule has 0 amide bonds. The van der Waals surface area contributed by atoms with Gasteiger partial charge in [0.15, 0.2) is 5.82 Å².